The Labute approximate surface area is 139 Å². The molecule has 22 heavy (non-hydrogen) atoms. The fraction of sp³-hybridized carbons (Fsp3) is 0.588. The van der Waals surface area contributed by atoms with Crippen molar-refractivity contribution in [1.82, 2.24) is 5.32 Å². The third-order valence-electron chi connectivity index (χ3n) is 5.21. The molecule has 2 aliphatic rings. The molecule has 0 spiro atoms. The van der Waals surface area contributed by atoms with Gasteiger partial charge in [0.15, 0.2) is 0 Å². The molecule has 1 aliphatic carbocycles. The number of rotatable bonds is 5. The van der Waals surface area contributed by atoms with Crippen LogP contribution in [0.5, 0.6) is 0 Å². The Balaban J connectivity index is 1.67. The maximum absolute atomic E-state index is 12.7. The largest absolute Gasteiger partial charge is 0.381 e. The topological polar surface area (TPSA) is 64.4 Å². The number of nitrogens with one attached hydrogen (secondary N) is 1. The van der Waals surface area contributed by atoms with E-state index in [-0.39, 0.29) is 11.3 Å². The van der Waals surface area contributed by atoms with Crippen LogP contribution in [0.3, 0.4) is 0 Å². The molecule has 0 aromatic heterocycles. The van der Waals surface area contributed by atoms with Crippen LogP contribution in [0.25, 0.3) is 0 Å². The molecule has 0 bridgehead atoms. The van der Waals surface area contributed by atoms with E-state index in [1.807, 2.05) is 6.07 Å². The molecule has 0 unspecified atom stereocenters. The molecule has 3 N–H and O–H groups in total. The Hall–Kier alpha value is -0.910. The van der Waals surface area contributed by atoms with Crippen molar-refractivity contribution in [2.45, 2.75) is 31.1 Å². The predicted molar refractivity (Wildman–Crippen MR) is 89.6 cm³/mol. The van der Waals surface area contributed by atoms with Crippen LogP contribution in [0.15, 0.2) is 28.7 Å². The van der Waals surface area contributed by atoms with Crippen molar-refractivity contribution in [2.24, 2.45) is 11.1 Å². The third kappa shape index (κ3) is 2.94. The summed E-state index contributed by atoms with van der Waals surface area (Å²) in [5.74, 6) is 0.0941. The van der Waals surface area contributed by atoms with Crippen molar-refractivity contribution < 1.29 is 9.53 Å². The molecule has 4 nitrogen and oxygen atoms in total. The molecule has 1 amide bonds. The number of amides is 1. The van der Waals surface area contributed by atoms with E-state index in [2.05, 4.69) is 39.4 Å². The molecule has 1 aromatic carbocycles. The van der Waals surface area contributed by atoms with Gasteiger partial charge in [-0.3, -0.25) is 4.79 Å². The molecule has 5 heteroatoms. The minimum Gasteiger partial charge on any atom is -0.381 e. The average Bonchev–Trinajstić information content (AvgIpc) is 3.34. The average molecular weight is 367 g/mol. The SMILES string of the molecule is NCC1(C(=O)NCC2(c3ccccc3Br)CC2)CCOCC1. The van der Waals surface area contributed by atoms with Gasteiger partial charge in [0.05, 0.1) is 5.41 Å². The van der Waals surface area contributed by atoms with E-state index < -0.39 is 5.41 Å². The molecule has 1 aromatic rings. The molecule has 2 fully saturated rings. The van der Waals surface area contributed by atoms with Gasteiger partial charge in [-0.15, -0.1) is 0 Å². The molecule has 3 rings (SSSR count). The highest BCUT2D eigenvalue weighted by Crippen LogP contribution is 2.50. The van der Waals surface area contributed by atoms with Gasteiger partial charge < -0.3 is 15.8 Å². The number of carbonyl (C=O) groups is 1. The van der Waals surface area contributed by atoms with Crippen molar-refractivity contribution in [3.8, 4) is 0 Å². The predicted octanol–water partition coefficient (Wildman–Crippen LogP) is 2.35. The van der Waals surface area contributed by atoms with E-state index in [1.165, 1.54) is 5.56 Å². The van der Waals surface area contributed by atoms with Crippen LogP contribution in [-0.2, 0) is 14.9 Å². The van der Waals surface area contributed by atoms with Crippen molar-refractivity contribution in [3.05, 3.63) is 34.3 Å². The van der Waals surface area contributed by atoms with E-state index in [4.69, 9.17) is 10.5 Å². The lowest BCUT2D eigenvalue weighted by molar-refractivity contribution is -0.136. The van der Waals surface area contributed by atoms with Gasteiger partial charge >= 0.3 is 0 Å². The Kier molecular flexibility index (Phi) is 4.57. The maximum Gasteiger partial charge on any atom is 0.227 e. The highest BCUT2D eigenvalue weighted by Gasteiger charge is 2.47. The minimum absolute atomic E-state index is 0.0940. The second-order valence-electron chi connectivity index (χ2n) is 6.54. The normalized spacial score (nSPS) is 22.1. The van der Waals surface area contributed by atoms with Crippen LogP contribution in [0.1, 0.15) is 31.2 Å². The highest BCUT2D eigenvalue weighted by molar-refractivity contribution is 9.10. The first-order valence-corrected chi connectivity index (χ1v) is 8.72. The Morgan fingerprint density at radius 3 is 2.50 bits per heavy atom. The van der Waals surface area contributed by atoms with E-state index in [1.54, 1.807) is 0 Å². The van der Waals surface area contributed by atoms with Crippen molar-refractivity contribution in [1.29, 1.82) is 0 Å². The summed E-state index contributed by atoms with van der Waals surface area (Å²) in [6, 6.07) is 8.29. The van der Waals surface area contributed by atoms with Crippen molar-refractivity contribution in [3.63, 3.8) is 0 Å². The molecule has 1 heterocycles. The molecule has 0 atom stereocenters. The summed E-state index contributed by atoms with van der Waals surface area (Å²) < 4.78 is 6.50. The summed E-state index contributed by atoms with van der Waals surface area (Å²) in [5, 5.41) is 3.18. The number of benzene rings is 1. The smallest absolute Gasteiger partial charge is 0.227 e. The van der Waals surface area contributed by atoms with Gasteiger partial charge in [0.1, 0.15) is 0 Å². The molecule has 1 saturated carbocycles. The molecule has 1 aliphatic heterocycles. The molecule has 0 radical (unpaired) electrons. The van der Waals surface area contributed by atoms with E-state index in [0.29, 0.717) is 26.3 Å². The van der Waals surface area contributed by atoms with Crippen LogP contribution in [0.2, 0.25) is 0 Å². The van der Waals surface area contributed by atoms with Gasteiger partial charge in [-0.05, 0) is 37.3 Å². The first-order valence-electron chi connectivity index (χ1n) is 7.93. The van der Waals surface area contributed by atoms with Crippen LogP contribution in [0, 0.1) is 5.41 Å². The fourth-order valence-electron chi connectivity index (χ4n) is 3.31. The number of hydrogen-bond donors (Lipinski definition) is 2. The molecule has 1 saturated heterocycles. The minimum atomic E-state index is -0.442. The quantitative estimate of drug-likeness (QED) is 0.840. The van der Waals surface area contributed by atoms with Crippen molar-refractivity contribution in [2.75, 3.05) is 26.3 Å². The zero-order valence-corrected chi connectivity index (χ0v) is 14.3. The maximum atomic E-state index is 12.7. The summed E-state index contributed by atoms with van der Waals surface area (Å²) in [6.45, 7) is 2.33. The number of nitrogens with two attached hydrogens (primary N) is 1. The number of ether oxygens (including phenoxy) is 1. The molecule has 120 valence electrons. The summed E-state index contributed by atoms with van der Waals surface area (Å²) in [5.41, 5.74) is 6.85. The Morgan fingerprint density at radius 2 is 1.91 bits per heavy atom. The summed E-state index contributed by atoms with van der Waals surface area (Å²) in [7, 11) is 0. The Bertz CT molecular complexity index is 551. The summed E-state index contributed by atoms with van der Waals surface area (Å²) >= 11 is 3.63. The van der Waals surface area contributed by atoms with Crippen LogP contribution >= 0.6 is 15.9 Å². The van der Waals surface area contributed by atoms with Gasteiger partial charge in [-0.1, -0.05) is 34.1 Å². The highest BCUT2D eigenvalue weighted by atomic mass is 79.9. The van der Waals surface area contributed by atoms with Crippen LogP contribution in [-0.4, -0.2) is 32.2 Å². The third-order valence-corrected chi connectivity index (χ3v) is 5.90. The van der Waals surface area contributed by atoms with Gasteiger partial charge in [0.2, 0.25) is 5.91 Å². The molecular weight excluding hydrogens is 344 g/mol. The standard InChI is InChI=1S/C17H23BrN2O2/c18-14-4-2-1-3-13(14)17(5-6-17)12-20-15(21)16(11-19)7-9-22-10-8-16/h1-4H,5-12,19H2,(H,20,21). The van der Waals surface area contributed by atoms with E-state index in [9.17, 15) is 4.79 Å². The second kappa shape index (κ2) is 6.30. The van der Waals surface area contributed by atoms with Crippen LogP contribution < -0.4 is 11.1 Å². The van der Waals surface area contributed by atoms with E-state index >= 15 is 0 Å². The van der Waals surface area contributed by atoms with Gasteiger partial charge in [-0.2, -0.15) is 0 Å². The lowest BCUT2D eigenvalue weighted by Crippen LogP contribution is -2.50. The second-order valence-corrected chi connectivity index (χ2v) is 7.39. The van der Waals surface area contributed by atoms with Gasteiger partial charge in [-0.25, -0.2) is 0 Å². The zero-order valence-electron chi connectivity index (χ0n) is 12.7. The van der Waals surface area contributed by atoms with E-state index in [0.717, 1.165) is 30.2 Å². The first-order chi connectivity index (χ1) is 10.6. The van der Waals surface area contributed by atoms with Crippen LogP contribution in [0.4, 0.5) is 0 Å². The lowest BCUT2D eigenvalue weighted by Gasteiger charge is -2.35. The zero-order chi connectivity index (χ0) is 15.6. The summed E-state index contributed by atoms with van der Waals surface area (Å²) in [6.07, 6.45) is 3.68. The Morgan fingerprint density at radius 1 is 1.23 bits per heavy atom. The lowest BCUT2D eigenvalue weighted by atomic mass is 9.79. The number of carbonyl (C=O) groups excluding carboxylic acids is 1. The molecular formula is C17H23BrN2O2. The monoisotopic (exact) mass is 366 g/mol. The summed E-state index contributed by atoms with van der Waals surface area (Å²) in [4.78, 5) is 12.7. The van der Waals surface area contributed by atoms with Crippen molar-refractivity contribution >= 4 is 21.8 Å². The van der Waals surface area contributed by atoms with Gasteiger partial charge in [0.25, 0.3) is 0 Å². The first kappa shape index (κ1) is 16.0. The van der Waals surface area contributed by atoms with Gasteiger partial charge in [0, 0.05) is 36.2 Å². The number of halogens is 1. The fourth-order valence-corrected chi connectivity index (χ4v) is 4.01. The number of hydrogen-bond acceptors (Lipinski definition) is 3.